The molecule has 2 nitrogen and oxygen atoms in total. The van der Waals surface area contributed by atoms with Crippen molar-refractivity contribution in [2.45, 2.75) is 65.6 Å². The Kier molecular flexibility index (Phi) is 3.83. The maximum Gasteiger partial charge on any atom is 0.0833 e. The molecule has 0 aromatic rings. The summed E-state index contributed by atoms with van der Waals surface area (Å²) in [6.45, 7) is 11.8. The first-order valence-electron chi connectivity index (χ1n) is 6.19. The smallest absolute Gasteiger partial charge is 0.0833 e. The number of hydrogen-bond acceptors (Lipinski definition) is 2. The van der Waals surface area contributed by atoms with E-state index < -0.39 is 0 Å². The quantitative estimate of drug-likeness (QED) is 0.782. The van der Waals surface area contributed by atoms with Crippen LogP contribution in [0.1, 0.15) is 53.9 Å². The molecule has 1 fully saturated rings. The first kappa shape index (κ1) is 13.0. The van der Waals surface area contributed by atoms with Gasteiger partial charge in [0.1, 0.15) is 0 Å². The van der Waals surface area contributed by atoms with Gasteiger partial charge in [0, 0.05) is 6.54 Å². The highest BCUT2D eigenvalue weighted by atomic mass is 16.5. The van der Waals surface area contributed by atoms with Gasteiger partial charge in [-0.25, -0.2) is 0 Å². The van der Waals surface area contributed by atoms with Crippen molar-refractivity contribution in [3.8, 4) is 0 Å². The van der Waals surface area contributed by atoms with Crippen molar-refractivity contribution in [3.63, 3.8) is 0 Å². The fraction of sp³-hybridized carbons (Fsp3) is 1.00. The Morgan fingerprint density at radius 1 is 1.33 bits per heavy atom. The summed E-state index contributed by atoms with van der Waals surface area (Å²) in [6, 6.07) is 0. The molecular formula is C13H27NO. The molecule has 0 aliphatic heterocycles. The Morgan fingerprint density at radius 3 is 2.33 bits per heavy atom. The van der Waals surface area contributed by atoms with Crippen LogP contribution in [-0.2, 0) is 4.74 Å². The van der Waals surface area contributed by atoms with E-state index in [1.807, 2.05) is 0 Å². The molecule has 0 amide bonds. The third-order valence-corrected chi connectivity index (χ3v) is 3.80. The van der Waals surface area contributed by atoms with Crippen LogP contribution in [0.15, 0.2) is 0 Å². The maximum atomic E-state index is 6.11. The van der Waals surface area contributed by atoms with Crippen LogP contribution in [-0.4, -0.2) is 18.2 Å². The molecule has 0 aromatic heterocycles. The average molecular weight is 213 g/mol. The van der Waals surface area contributed by atoms with Gasteiger partial charge in [-0.15, -0.1) is 0 Å². The molecule has 1 rings (SSSR count). The lowest BCUT2D eigenvalue weighted by Gasteiger charge is -2.48. The summed E-state index contributed by atoms with van der Waals surface area (Å²) in [5.41, 5.74) is 6.33. The van der Waals surface area contributed by atoms with Crippen molar-refractivity contribution in [2.24, 2.45) is 17.1 Å². The van der Waals surface area contributed by atoms with Crippen LogP contribution in [0.3, 0.4) is 0 Å². The summed E-state index contributed by atoms with van der Waals surface area (Å²) in [7, 11) is 0. The molecule has 2 unspecified atom stereocenters. The Hall–Kier alpha value is -0.0800. The summed E-state index contributed by atoms with van der Waals surface area (Å²) in [4.78, 5) is 0. The van der Waals surface area contributed by atoms with Gasteiger partial charge in [0.25, 0.3) is 0 Å². The van der Waals surface area contributed by atoms with Crippen molar-refractivity contribution >= 4 is 0 Å². The standard InChI is InChI=1S/C13H27NO/c1-10(2)15-13(9-14)7-6-12(4,5)8-11(13)3/h10-11H,6-9,14H2,1-5H3. The first-order valence-corrected chi connectivity index (χ1v) is 6.19. The highest BCUT2D eigenvalue weighted by Crippen LogP contribution is 2.45. The lowest BCUT2D eigenvalue weighted by Crippen LogP contribution is -2.52. The third-order valence-electron chi connectivity index (χ3n) is 3.80. The molecule has 15 heavy (non-hydrogen) atoms. The minimum absolute atomic E-state index is 0.0658. The Morgan fingerprint density at radius 2 is 1.93 bits per heavy atom. The molecule has 0 aromatic carbocycles. The highest BCUT2D eigenvalue weighted by Gasteiger charge is 2.44. The molecule has 2 heteroatoms. The third kappa shape index (κ3) is 2.94. The summed E-state index contributed by atoms with van der Waals surface area (Å²) in [5.74, 6) is 0.564. The minimum atomic E-state index is -0.0658. The Labute approximate surface area is 94.6 Å². The molecule has 90 valence electrons. The second-order valence-electron chi connectivity index (χ2n) is 6.20. The van der Waals surface area contributed by atoms with E-state index in [4.69, 9.17) is 10.5 Å². The van der Waals surface area contributed by atoms with Crippen LogP contribution >= 0.6 is 0 Å². The number of nitrogens with two attached hydrogens (primary N) is 1. The minimum Gasteiger partial charge on any atom is -0.371 e. The molecule has 0 bridgehead atoms. The molecule has 0 saturated heterocycles. The first-order chi connectivity index (χ1) is 6.81. The van der Waals surface area contributed by atoms with E-state index in [-0.39, 0.29) is 11.7 Å². The van der Waals surface area contributed by atoms with Gasteiger partial charge in [-0.3, -0.25) is 0 Å². The van der Waals surface area contributed by atoms with E-state index in [1.165, 1.54) is 12.8 Å². The van der Waals surface area contributed by atoms with Gasteiger partial charge in [-0.05, 0) is 44.4 Å². The number of hydrogen-bond donors (Lipinski definition) is 1. The lowest BCUT2D eigenvalue weighted by molar-refractivity contribution is -0.140. The van der Waals surface area contributed by atoms with E-state index >= 15 is 0 Å². The zero-order valence-electron chi connectivity index (χ0n) is 11.0. The fourth-order valence-corrected chi connectivity index (χ4v) is 2.91. The van der Waals surface area contributed by atoms with Crippen molar-refractivity contribution < 1.29 is 4.74 Å². The molecular weight excluding hydrogens is 186 g/mol. The molecule has 0 spiro atoms. The predicted molar refractivity (Wildman–Crippen MR) is 64.8 cm³/mol. The molecule has 2 N–H and O–H groups in total. The molecule has 2 atom stereocenters. The van der Waals surface area contributed by atoms with Crippen LogP contribution in [0.2, 0.25) is 0 Å². The van der Waals surface area contributed by atoms with Gasteiger partial charge in [0.2, 0.25) is 0 Å². The molecule has 1 aliphatic carbocycles. The van der Waals surface area contributed by atoms with E-state index in [0.717, 1.165) is 6.42 Å². The Balaban J connectivity index is 2.74. The van der Waals surface area contributed by atoms with Crippen LogP contribution in [0.4, 0.5) is 0 Å². The molecule has 0 heterocycles. The lowest BCUT2D eigenvalue weighted by atomic mass is 9.65. The zero-order chi connectivity index (χ0) is 11.7. The normalized spacial score (nSPS) is 35.8. The van der Waals surface area contributed by atoms with E-state index in [2.05, 4.69) is 34.6 Å². The zero-order valence-corrected chi connectivity index (χ0v) is 11.0. The highest BCUT2D eigenvalue weighted by molar-refractivity contribution is 4.96. The van der Waals surface area contributed by atoms with Gasteiger partial charge in [0.05, 0.1) is 11.7 Å². The van der Waals surface area contributed by atoms with Crippen LogP contribution in [0.25, 0.3) is 0 Å². The SMILES string of the molecule is CC(C)OC1(CN)CCC(C)(C)CC1C. The van der Waals surface area contributed by atoms with Gasteiger partial charge < -0.3 is 10.5 Å². The van der Waals surface area contributed by atoms with Gasteiger partial charge in [-0.1, -0.05) is 20.8 Å². The second kappa shape index (κ2) is 4.42. The Bertz CT molecular complexity index is 213. The van der Waals surface area contributed by atoms with Gasteiger partial charge >= 0.3 is 0 Å². The molecule has 0 radical (unpaired) electrons. The van der Waals surface area contributed by atoms with Crippen LogP contribution in [0, 0.1) is 11.3 Å². The second-order valence-corrected chi connectivity index (χ2v) is 6.20. The van der Waals surface area contributed by atoms with Crippen molar-refractivity contribution in [1.29, 1.82) is 0 Å². The largest absolute Gasteiger partial charge is 0.371 e. The van der Waals surface area contributed by atoms with Crippen molar-refractivity contribution in [3.05, 3.63) is 0 Å². The summed E-state index contributed by atoms with van der Waals surface area (Å²) < 4.78 is 6.11. The van der Waals surface area contributed by atoms with Crippen LogP contribution in [0.5, 0.6) is 0 Å². The molecule has 1 aliphatic rings. The molecule has 1 saturated carbocycles. The van der Waals surface area contributed by atoms with Gasteiger partial charge in [0.15, 0.2) is 0 Å². The topological polar surface area (TPSA) is 35.2 Å². The summed E-state index contributed by atoms with van der Waals surface area (Å²) >= 11 is 0. The number of ether oxygens (including phenoxy) is 1. The van der Waals surface area contributed by atoms with E-state index in [0.29, 0.717) is 17.9 Å². The van der Waals surface area contributed by atoms with E-state index in [9.17, 15) is 0 Å². The van der Waals surface area contributed by atoms with Gasteiger partial charge in [-0.2, -0.15) is 0 Å². The van der Waals surface area contributed by atoms with Crippen LogP contribution < -0.4 is 5.73 Å². The van der Waals surface area contributed by atoms with Crippen molar-refractivity contribution in [1.82, 2.24) is 0 Å². The van der Waals surface area contributed by atoms with Crippen molar-refractivity contribution in [2.75, 3.05) is 6.54 Å². The fourth-order valence-electron chi connectivity index (χ4n) is 2.91. The predicted octanol–water partition coefficient (Wildman–Crippen LogP) is 2.96. The van der Waals surface area contributed by atoms with E-state index in [1.54, 1.807) is 0 Å². The summed E-state index contributed by atoms with van der Waals surface area (Å²) in [5, 5.41) is 0. The monoisotopic (exact) mass is 213 g/mol. The maximum absolute atomic E-state index is 6.11. The number of rotatable bonds is 3. The average Bonchev–Trinajstić information content (AvgIpc) is 2.09. The summed E-state index contributed by atoms with van der Waals surface area (Å²) in [6.07, 6.45) is 3.82.